The van der Waals surface area contributed by atoms with E-state index in [0.29, 0.717) is 19.1 Å². The second-order valence-electron chi connectivity index (χ2n) is 4.64. The molecule has 2 rings (SSSR count). The Morgan fingerprint density at radius 3 is 2.42 bits per heavy atom. The summed E-state index contributed by atoms with van der Waals surface area (Å²) in [6, 6.07) is 8.07. The van der Waals surface area contributed by atoms with Crippen molar-refractivity contribution in [3.05, 3.63) is 34.8 Å². The molecule has 0 amide bonds. The monoisotopic (exact) mass is 276 g/mol. The summed E-state index contributed by atoms with van der Waals surface area (Å²) in [6.45, 7) is 7.52. The third-order valence-corrected chi connectivity index (χ3v) is 4.01. The van der Waals surface area contributed by atoms with Crippen molar-refractivity contribution in [2.24, 2.45) is 5.73 Å². The van der Waals surface area contributed by atoms with Crippen molar-refractivity contribution < 1.29 is 4.74 Å². The molecule has 0 saturated heterocycles. The topological polar surface area (TPSA) is 48.1 Å². The summed E-state index contributed by atoms with van der Waals surface area (Å²) in [5.41, 5.74) is 8.04. The number of nitrogens with two attached hydrogens (primary N) is 1. The lowest BCUT2D eigenvalue weighted by atomic mass is 10.1. The van der Waals surface area contributed by atoms with Crippen LogP contribution in [0.1, 0.15) is 37.3 Å². The zero-order valence-electron chi connectivity index (χ0n) is 11.6. The Kier molecular flexibility index (Phi) is 4.56. The van der Waals surface area contributed by atoms with Gasteiger partial charge < -0.3 is 10.5 Å². The molecule has 0 saturated carbocycles. The number of hydrogen-bond donors (Lipinski definition) is 1. The average molecular weight is 276 g/mol. The molecule has 2 N–H and O–H groups in total. The van der Waals surface area contributed by atoms with Crippen LogP contribution in [0, 0.1) is 0 Å². The number of aromatic nitrogens is 1. The molecule has 0 radical (unpaired) electrons. The van der Waals surface area contributed by atoms with E-state index < -0.39 is 0 Å². The molecule has 0 bridgehead atoms. The molecule has 4 heteroatoms. The van der Waals surface area contributed by atoms with Crippen molar-refractivity contribution >= 4 is 11.3 Å². The van der Waals surface area contributed by atoms with Crippen LogP contribution in [0.3, 0.4) is 0 Å². The Labute approximate surface area is 118 Å². The third kappa shape index (κ3) is 3.14. The molecule has 19 heavy (non-hydrogen) atoms. The normalized spacial score (nSPS) is 11.0. The maximum Gasteiger partial charge on any atom is 0.123 e. The van der Waals surface area contributed by atoms with E-state index >= 15 is 0 Å². The zero-order valence-corrected chi connectivity index (χ0v) is 12.5. The predicted molar refractivity (Wildman–Crippen MR) is 80.7 cm³/mol. The molecule has 0 aliphatic carbocycles. The van der Waals surface area contributed by atoms with E-state index in [9.17, 15) is 0 Å². The standard InChI is InChI=1S/C15H20N2OS/c1-4-18-12-7-5-11(6-8-12)15-17-14(10(2)3)13(9-16)19-15/h5-8,10H,4,9,16H2,1-3H3. The molecule has 1 heterocycles. The van der Waals surface area contributed by atoms with Crippen LogP contribution in [0.15, 0.2) is 24.3 Å². The van der Waals surface area contributed by atoms with Gasteiger partial charge in [-0.15, -0.1) is 11.3 Å². The number of nitrogens with zero attached hydrogens (tertiary/aromatic N) is 1. The molecule has 3 nitrogen and oxygen atoms in total. The van der Waals surface area contributed by atoms with Crippen LogP contribution in [0.2, 0.25) is 0 Å². The van der Waals surface area contributed by atoms with Gasteiger partial charge in [0.25, 0.3) is 0 Å². The number of hydrogen-bond acceptors (Lipinski definition) is 4. The molecular formula is C15H20N2OS. The van der Waals surface area contributed by atoms with Crippen LogP contribution in [-0.4, -0.2) is 11.6 Å². The smallest absolute Gasteiger partial charge is 0.123 e. The fourth-order valence-electron chi connectivity index (χ4n) is 1.94. The van der Waals surface area contributed by atoms with Gasteiger partial charge >= 0.3 is 0 Å². The molecule has 0 aliphatic rings. The Morgan fingerprint density at radius 2 is 1.95 bits per heavy atom. The third-order valence-electron chi connectivity index (χ3n) is 2.87. The number of thiazole rings is 1. The van der Waals surface area contributed by atoms with Crippen LogP contribution >= 0.6 is 11.3 Å². The maximum atomic E-state index is 5.79. The van der Waals surface area contributed by atoms with E-state index in [1.165, 1.54) is 4.88 Å². The second-order valence-corrected chi connectivity index (χ2v) is 5.73. The van der Waals surface area contributed by atoms with Crippen molar-refractivity contribution in [2.75, 3.05) is 6.61 Å². The highest BCUT2D eigenvalue weighted by molar-refractivity contribution is 7.15. The van der Waals surface area contributed by atoms with Crippen LogP contribution < -0.4 is 10.5 Å². The van der Waals surface area contributed by atoms with Crippen molar-refractivity contribution in [2.45, 2.75) is 33.2 Å². The summed E-state index contributed by atoms with van der Waals surface area (Å²) < 4.78 is 5.45. The summed E-state index contributed by atoms with van der Waals surface area (Å²) in [6.07, 6.45) is 0. The van der Waals surface area contributed by atoms with E-state index in [0.717, 1.165) is 22.0 Å². The largest absolute Gasteiger partial charge is 0.494 e. The minimum Gasteiger partial charge on any atom is -0.494 e. The first kappa shape index (κ1) is 14.0. The van der Waals surface area contributed by atoms with Crippen molar-refractivity contribution in [1.29, 1.82) is 0 Å². The molecule has 0 atom stereocenters. The van der Waals surface area contributed by atoms with Crippen LogP contribution in [0.4, 0.5) is 0 Å². The summed E-state index contributed by atoms with van der Waals surface area (Å²) >= 11 is 1.68. The second kappa shape index (κ2) is 6.17. The van der Waals surface area contributed by atoms with Crippen LogP contribution in [0.5, 0.6) is 5.75 Å². The Hall–Kier alpha value is -1.39. The van der Waals surface area contributed by atoms with Gasteiger partial charge in [-0.1, -0.05) is 13.8 Å². The predicted octanol–water partition coefficient (Wildman–Crippen LogP) is 3.79. The summed E-state index contributed by atoms with van der Waals surface area (Å²) in [4.78, 5) is 5.90. The number of ether oxygens (including phenoxy) is 1. The lowest BCUT2D eigenvalue weighted by Gasteiger charge is -2.03. The lowest BCUT2D eigenvalue weighted by Crippen LogP contribution is -1.99. The molecule has 0 spiro atoms. The van der Waals surface area contributed by atoms with E-state index in [2.05, 4.69) is 13.8 Å². The van der Waals surface area contributed by atoms with E-state index in [-0.39, 0.29) is 0 Å². The Balaban J connectivity index is 2.31. The Morgan fingerprint density at radius 1 is 1.26 bits per heavy atom. The minimum atomic E-state index is 0.409. The lowest BCUT2D eigenvalue weighted by molar-refractivity contribution is 0.340. The van der Waals surface area contributed by atoms with Gasteiger partial charge in [0.15, 0.2) is 0 Å². The van der Waals surface area contributed by atoms with Crippen LogP contribution in [-0.2, 0) is 6.54 Å². The molecule has 102 valence electrons. The number of rotatable bonds is 5. The summed E-state index contributed by atoms with van der Waals surface area (Å²) in [7, 11) is 0. The SMILES string of the molecule is CCOc1ccc(-c2nc(C(C)C)c(CN)s2)cc1. The number of benzene rings is 1. The summed E-state index contributed by atoms with van der Waals surface area (Å²) in [5, 5.41) is 1.03. The quantitative estimate of drug-likeness (QED) is 0.903. The average Bonchev–Trinajstić information content (AvgIpc) is 2.84. The van der Waals surface area contributed by atoms with Gasteiger partial charge in [0, 0.05) is 17.0 Å². The molecule has 0 aliphatic heterocycles. The highest BCUT2D eigenvalue weighted by Gasteiger charge is 2.14. The first-order valence-corrected chi connectivity index (χ1v) is 7.40. The first-order chi connectivity index (χ1) is 9.15. The van der Waals surface area contributed by atoms with Crippen LogP contribution in [0.25, 0.3) is 10.6 Å². The molecule has 2 aromatic rings. The zero-order chi connectivity index (χ0) is 13.8. The molecule has 0 unspecified atom stereocenters. The van der Waals surface area contributed by atoms with E-state index in [4.69, 9.17) is 15.5 Å². The fourth-order valence-corrected chi connectivity index (χ4v) is 3.05. The van der Waals surface area contributed by atoms with E-state index in [1.807, 2.05) is 31.2 Å². The summed E-state index contributed by atoms with van der Waals surface area (Å²) in [5.74, 6) is 1.30. The van der Waals surface area contributed by atoms with Crippen molar-refractivity contribution in [1.82, 2.24) is 4.98 Å². The fraction of sp³-hybridized carbons (Fsp3) is 0.400. The molecule has 1 aromatic carbocycles. The van der Waals surface area contributed by atoms with Gasteiger partial charge in [-0.3, -0.25) is 0 Å². The van der Waals surface area contributed by atoms with Gasteiger partial charge in [-0.25, -0.2) is 4.98 Å². The van der Waals surface area contributed by atoms with Gasteiger partial charge in [0.2, 0.25) is 0 Å². The molecule has 0 fully saturated rings. The molecular weight excluding hydrogens is 256 g/mol. The van der Waals surface area contributed by atoms with Crippen molar-refractivity contribution in [3.8, 4) is 16.3 Å². The van der Waals surface area contributed by atoms with Crippen molar-refractivity contribution in [3.63, 3.8) is 0 Å². The first-order valence-electron chi connectivity index (χ1n) is 6.58. The highest BCUT2D eigenvalue weighted by atomic mass is 32.1. The highest BCUT2D eigenvalue weighted by Crippen LogP contribution is 2.32. The van der Waals surface area contributed by atoms with Gasteiger partial charge in [-0.05, 0) is 37.1 Å². The van der Waals surface area contributed by atoms with Gasteiger partial charge in [0.1, 0.15) is 10.8 Å². The molecule has 1 aromatic heterocycles. The van der Waals surface area contributed by atoms with Gasteiger partial charge in [-0.2, -0.15) is 0 Å². The maximum absolute atomic E-state index is 5.79. The Bertz CT molecular complexity index is 532. The van der Waals surface area contributed by atoms with Gasteiger partial charge in [0.05, 0.1) is 12.3 Å². The minimum absolute atomic E-state index is 0.409. The van der Waals surface area contributed by atoms with E-state index in [1.54, 1.807) is 11.3 Å².